The minimum Gasteiger partial charge on any atom is -0.524 e. The molecular formula is C23H45LiN2Si3. The Hall–Kier alpha value is 0.0681. The average molecular weight is 441 g/mol. The van der Waals surface area contributed by atoms with Crippen LogP contribution in [0.3, 0.4) is 0 Å². The molecule has 0 N–H and O–H groups in total. The van der Waals surface area contributed by atoms with E-state index in [9.17, 15) is 0 Å². The number of hydrogen-bond donors (Lipinski definition) is 0. The van der Waals surface area contributed by atoms with E-state index in [1.807, 2.05) is 0 Å². The van der Waals surface area contributed by atoms with Crippen LogP contribution in [0.1, 0.15) is 41.5 Å². The Labute approximate surface area is 197 Å². The summed E-state index contributed by atoms with van der Waals surface area (Å²) in [5.41, 5.74) is 3.59. The molecule has 0 radical (unpaired) electrons. The van der Waals surface area contributed by atoms with Crippen LogP contribution < -0.4 is 28.0 Å². The number of rotatable bonds is 5. The van der Waals surface area contributed by atoms with E-state index in [4.69, 9.17) is 0 Å². The van der Waals surface area contributed by atoms with Gasteiger partial charge in [0.1, 0.15) is 0 Å². The molecule has 1 heterocycles. The molecule has 1 aliphatic rings. The zero-order valence-corrected chi connectivity index (χ0v) is 24.7. The fourth-order valence-electron chi connectivity index (χ4n) is 4.98. The van der Waals surface area contributed by atoms with Gasteiger partial charge in [0, 0.05) is 27.5 Å². The number of anilines is 2. The third-order valence-corrected chi connectivity index (χ3v) is 23.1. The monoisotopic (exact) mass is 440 g/mol. The molecule has 2 rings (SSSR count). The first-order valence-corrected chi connectivity index (χ1v) is 19.6. The van der Waals surface area contributed by atoms with Crippen molar-refractivity contribution in [2.24, 2.45) is 10.8 Å². The van der Waals surface area contributed by atoms with Gasteiger partial charge in [-0.15, -0.1) is 4.79 Å². The zero-order valence-electron chi connectivity index (χ0n) is 21.7. The summed E-state index contributed by atoms with van der Waals surface area (Å²) in [6.45, 7) is 32.5. The van der Waals surface area contributed by atoms with Gasteiger partial charge >= 0.3 is 18.9 Å². The van der Waals surface area contributed by atoms with Crippen molar-refractivity contribution in [1.82, 2.24) is 0 Å². The normalized spacial score (nSPS) is 16.3. The molecule has 0 saturated carbocycles. The number of para-hydroxylation sites is 2. The van der Waals surface area contributed by atoms with Gasteiger partial charge in [0.15, 0.2) is 0 Å². The van der Waals surface area contributed by atoms with Crippen molar-refractivity contribution in [2.75, 3.05) is 22.2 Å². The van der Waals surface area contributed by atoms with Gasteiger partial charge in [-0.3, -0.25) is 0 Å². The van der Waals surface area contributed by atoms with Crippen LogP contribution in [-0.2, 0) is 0 Å². The van der Waals surface area contributed by atoms with Gasteiger partial charge in [-0.05, 0) is 45.2 Å². The Morgan fingerprint density at radius 3 is 1.28 bits per heavy atom. The molecule has 0 fully saturated rings. The number of fused-ring (bicyclic) bond motifs is 1. The molecule has 0 spiro atoms. The van der Waals surface area contributed by atoms with E-state index < -0.39 is 25.3 Å². The second-order valence-corrected chi connectivity index (χ2v) is 28.0. The van der Waals surface area contributed by atoms with Gasteiger partial charge in [-0.25, -0.2) is 0 Å². The van der Waals surface area contributed by atoms with Gasteiger partial charge in [-0.1, -0.05) is 93.0 Å². The van der Waals surface area contributed by atoms with Crippen molar-refractivity contribution in [3.63, 3.8) is 0 Å². The topological polar surface area (TPSA) is 6.48 Å². The van der Waals surface area contributed by atoms with Crippen LogP contribution in [0.2, 0.25) is 44.1 Å². The van der Waals surface area contributed by atoms with E-state index in [2.05, 4.69) is 114 Å². The van der Waals surface area contributed by atoms with Crippen LogP contribution in [0, 0.1) is 10.8 Å². The number of nitrogens with zero attached hydrogens (tertiary/aromatic N) is 2. The fourth-order valence-corrected chi connectivity index (χ4v) is 26.5. The summed E-state index contributed by atoms with van der Waals surface area (Å²) < 4.78 is 5.79. The second-order valence-electron chi connectivity index (χ2n) is 13.3. The SMILES string of the molecule is CC(C)(C)CN1c2ccccc2N(CC(C)(C)C)[Si-]1C([Si](C)(C)C)[Si](C)(C)C.[Li+]. The maximum atomic E-state index is 2.90. The van der Waals surface area contributed by atoms with E-state index in [0.29, 0.717) is 10.8 Å². The Kier molecular flexibility index (Phi) is 8.32. The molecule has 29 heavy (non-hydrogen) atoms. The van der Waals surface area contributed by atoms with Gasteiger partial charge in [0.25, 0.3) is 0 Å². The summed E-state index contributed by atoms with van der Waals surface area (Å²) in [4.78, 5) is 0.905. The summed E-state index contributed by atoms with van der Waals surface area (Å²) in [5.74, 6) is 0. The minimum absolute atomic E-state index is 0. The van der Waals surface area contributed by atoms with Gasteiger partial charge in [0.05, 0.1) is 0 Å². The third kappa shape index (κ3) is 6.77. The maximum absolute atomic E-state index is 2.90. The molecule has 0 aromatic heterocycles. The van der Waals surface area contributed by atoms with E-state index >= 15 is 0 Å². The first kappa shape index (κ1) is 27.1. The van der Waals surface area contributed by atoms with Gasteiger partial charge in [-0.2, -0.15) is 0 Å². The molecule has 0 bridgehead atoms. The van der Waals surface area contributed by atoms with Crippen LogP contribution in [0.4, 0.5) is 11.4 Å². The largest absolute Gasteiger partial charge is 1.00 e. The summed E-state index contributed by atoms with van der Waals surface area (Å²) in [5, 5.41) is 0. The maximum Gasteiger partial charge on any atom is 1.00 e. The summed E-state index contributed by atoms with van der Waals surface area (Å²) in [6.07, 6.45) is 0. The Balaban J connectivity index is 0.00000420. The van der Waals surface area contributed by atoms with E-state index in [1.54, 1.807) is 0 Å². The van der Waals surface area contributed by atoms with Crippen molar-refractivity contribution in [1.29, 1.82) is 0 Å². The first-order valence-electron chi connectivity index (χ1n) is 10.9. The van der Waals surface area contributed by atoms with Crippen molar-refractivity contribution in [3.05, 3.63) is 24.3 Å². The molecule has 0 saturated heterocycles. The third-order valence-electron chi connectivity index (χ3n) is 5.27. The quantitative estimate of drug-likeness (QED) is 0.638. The number of benzene rings is 1. The Bertz CT molecular complexity index is 624. The zero-order chi connectivity index (χ0) is 21.7. The smallest absolute Gasteiger partial charge is 0.524 e. The predicted molar refractivity (Wildman–Crippen MR) is 136 cm³/mol. The fraction of sp³-hybridized carbons (Fsp3) is 0.739. The van der Waals surface area contributed by atoms with Crippen LogP contribution in [-0.4, -0.2) is 38.4 Å². The van der Waals surface area contributed by atoms with Crippen LogP contribution in [0.5, 0.6) is 0 Å². The first-order chi connectivity index (χ1) is 12.4. The molecule has 160 valence electrons. The van der Waals surface area contributed by atoms with E-state index in [-0.39, 0.29) is 18.9 Å². The average Bonchev–Trinajstić information content (AvgIpc) is 2.68. The Morgan fingerprint density at radius 1 is 0.724 bits per heavy atom. The Morgan fingerprint density at radius 2 is 1.03 bits per heavy atom. The summed E-state index contributed by atoms with van der Waals surface area (Å²) in [6, 6.07) is 9.26. The summed E-state index contributed by atoms with van der Waals surface area (Å²) in [7, 11) is -3.55. The number of hydrogen-bond acceptors (Lipinski definition) is 2. The van der Waals surface area contributed by atoms with Crippen molar-refractivity contribution < 1.29 is 18.9 Å². The molecule has 1 aromatic rings. The van der Waals surface area contributed by atoms with E-state index in [1.165, 1.54) is 11.4 Å². The second kappa shape index (κ2) is 8.90. The molecule has 0 aliphatic carbocycles. The minimum atomic E-state index is -1.34. The molecule has 0 amide bonds. The molecule has 1 aromatic carbocycles. The van der Waals surface area contributed by atoms with Gasteiger partial charge < -0.3 is 9.13 Å². The van der Waals surface area contributed by atoms with Crippen LogP contribution >= 0.6 is 0 Å². The standard InChI is InChI=1S/C23H45N2Si3.Li/c1-22(2,3)17-24-19-15-13-14-16-20(19)25(18-23(4,5)6)26(24)21(27(7,8)9)28(10,11)12;/h13-16,21H,17-18H2,1-12H3;/q-1;+1. The van der Waals surface area contributed by atoms with Crippen molar-refractivity contribution >= 4 is 36.6 Å². The molecule has 0 unspecified atom stereocenters. The molecule has 0 atom stereocenters. The van der Waals surface area contributed by atoms with Crippen LogP contribution in [0.25, 0.3) is 0 Å². The molecular weight excluding hydrogens is 395 g/mol. The van der Waals surface area contributed by atoms with Crippen molar-refractivity contribution in [2.45, 2.75) is 85.6 Å². The summed E-state index contributed by atoms with van der Waals surface area (Å²) >= 11 is 0. The van der Waals surface area contributed by atoms with Gasteiger partial charge in [0.2, 0.25) is 0 Å². The molecule has 6 heteroatoms. The predicted octanol–water partition coefficient (Wildman–Crippen LogP) is 4.02. The van der Waals surface area contributed by atoms with Crippen LogP contribution in [0.15, 0.2) is 24.3 Å². The van der Waals surface area contributed by atoms with E-state index in [0.717, 1.165) is 17.9 Å². The van der Waals surface area contributed by atoms with Crippen molar-refractivity contribution in [3.8, 4) is 0 Å². The molecule has 2 nitrogen and oxygen atoms in total. The molecule has 1 aliphatic heterocycles.